The second-order valence-electron chi connectivity index (χ2n) is 5.34. The van der Waals surface area contributed by atoms with Crippen molar-refractivity contribution in [3.8, 4) is 0 Å². The molecule has 1 atom stereocenters. The molecule has 1 aliphatic rings. The lowest BCUT2D eigenvalue weighted by Gasteiger charge is -2.29. The first-order valence-electron chi connectivity index (χ1n) is 6.97. The monoisotopic (exact) mass is 330 g/mol. The molecule has 2 heterocycles. The highest BCUT2D eigenvalue weighted by atomic mass is 35.5. The minimum atomic E-state index is -0.847. The van der Waals surface area contributed by atoms with Crippen molar-refractivity contribution in [1.82, 2.24) is 10.2 Å². The van der Waals surface area contributed by atoms with E-state index in [4.69, 9.17) is 11.6 Å². The minimum absolute atomic E-state index is 0.00561. The Morgan fingerprint density at radius 2 is 2.14 bits per heavy atom. The van der Waals surface area contributed by atoms with E-state index in [2.05, 4.69) is 12.2 Å². The zero-order valence-electron chi connectivity index (χ0n) is 11.8. The Balaban J connectivity index is 1.80. The van der Waals surface area contributed by atoms with Crippen molar-refractivity contribution in [1.29, 1.82) is 0 Å². The van der Waals surface area contributed by atoms with Crippen LogP contribution in [0.25, 0.3) is 0 Å². The van der Waals surface area contributed by atoms with E-state index in [-0.39, 0.29) is 6.54 Å². The highest BCUT2D eigenvalue weighted by Gasteiger charge is 2.25. The molecule has 1 saturated heterocycles. The quantitative estimate of drug-likeness (QED) is 0.830. The molecular weight excluding hydrogens is 312 g/mol. The van der Waals surface area contributed by atoms with Gasteiger partial charge in [-0.3, -0.25) is 9.59 Å². The van der Waals surface area contributed by atoms with E-state index in [9.17, 15) is 14.7 Å². The topological polar surface area (TPSA) is 69.6 Å². The van der Waals surface area contributed by atoms with Crippen LogP contribution in [0.15, 0.2) is 12.1 Å². The normalized spacial score (nSPS) is 17.6. The Morgan fingerprint density at radius 1 is 1.48 bits per heavy atom. The van der Waals surface area contributed by atoms with Crippen molar-refractivity contribution in [2.75, 3.05) is 19.6 Å². The highest BCUT2D eigenvalue weighted by molar-refractivity contribution is 7.16. The molecule has 1 fully saturated rings. The molecule has 2 amide bonds. The summed E-state index contributed by atoms with van der Waals surface area (Å²) in [6.07, 6.45) is 1.01. The van der Waals surface area contributed by atoms with Gasteiger partial charge in [-0.15, -0.1) is 11.3 Å². The molecule has 0 saturated carbocycles. The maximum atomic E-state index is 12.0. The number of amides is 2. The molecule has 0 unspecified atom stereocenters. The van der Waals surface area contributed by atoms with Crippen LogP contribution in [-0.2, 0) is 9.59 Å². The molecule has 5 nitrogen and oxygen atoms in total. The molecule has 0 aromatic carbocycles. The average Bonchev–Trinajstić information content (AvgIpc) is 2.91. The average molecular weight is 331 g/mol. The van der Waals surface area contributed by atoms with E-state index in [1.807, 2.05) is 0 Å². The lowest BCUT2D eigenvalue weighted by Crippen LogP contribution is -2.46. The van der Waals surface area contributed by atoms with E-state index < -0.39 is 17.9 Å². The van der Waals surface area contributed by atoms with Crippen molar-refractivity contribution in [2.24, 2.45) is 5.92 Å². The number of carbonyl (C=O) groups is 2. The van der Waals surface area contributed by atoms with Crippen LogP contribution in [0.2, 0.25) is 4.34 Å². The summed E-state index contributed by atoms with van der Waals surface area (Å²) >= 11 is 7.04. The summed E-state index contributed by atoms with van der Waals surface area (Å²) in [5, 5.41) is 12.4. The van der Waals surface area contributed by atoms with Gasteiger partial charge in [0.1, 0.15) is 6.10 Å². The molecule has 2 rings (SSSR count). The van der Waals surface area contributed by atoms with Gasteiger partial charge in [-0.1, -0.05) is 18.5 Å². The fourth-order valence-corrected chi connectivity index (χ4v) is 3.28. The predicted octanol–water partition coefficient (Wildman–Crippen LogP) is 1.81. The van der Waals surface area contributed by atoms with E-state index in [1.165, 1.54) is 11.3 Å². The molecule has 0 spiro atoms. The van der Waals surface area contributed by atoms with E-state index in [0.29, 0.717) is 28.2 Å². The van der Waals surface area contributed by atoms with Crippen LogP contribution in [0.1, 0.15) is 30.7 Å². The third-order valence-corrected chi connectivity index (χ3v) is 4.98. The molecule has 0 radical (unpaired) electrons. The number of aliphatic hydroxyl groups is 1. The first kappa shape index (κ1) is 16.3. The highest BCUT2D eigenvalue weighted by Crippen LogP contribution is 2.26. The van der Waals surface area contributed by atoms with E-state index >= 15 is 0 Å². The SMILES string of the molecule is CC1CCN(C(=O)C(=O)NC[C@H](O)c2ccc(Cl)s2)CC1. The molecule has 21 heavy (non-hydrogen) atoms. The van der Waals surface area contributed by atoms with Gasteiger partial charge in [0.15, 0.2) is 0 Å². The largest absolute Gasteiger partial charge is 0.386 e. The van der Waals surface area contributed by atoms with Crippen LogP contribution >= 0.6 is 22.9 Å². The van der Waals surface area contributed by atoms with E-state index in [1.54, 1.807) is 17.0 Å². The Hall–Kier alpha value is -1.11. The Kier molecular flexibility index (Phi) is 5.61. The van der Waals surface area contributed by atoms with Crippen LogP contribution in [0.3, 0.4) is 0 Å². The predicted molar refractivity (Wildman–Crippen MR) is 82.3 cm³/mol. The number of rotatable bonds is 3. The van der Waals surface area contributed by atoms with Crippen LogP contribution in [0, 0.1) is 5.92 Å². The summed E-state index contributed by atoms with van der Waals surface area (Å²) in [5.74, 6) is -0.577. The zero-order chi connectivity index (χ0) is 15.4. The van der Waals surface area contributed by atoms with Gasteiger partial charge in [-0.25, -0.2) is 0 Å². The molecule has 0 aliphatic carbocycles. The number of hydrogen-bond donors (Lipinski definition) is 2. The Labute approximate surface area is 132 Å². The Morgan fingerprint density at radius 3 is 2.71 bits per heavy atom. The van der Waals surface area contributed by atoms with Crippen LogP contribution in [0.5, 0.6) is 0 Å². The number of piperidine rings is 1. The number of nitrogens with one attached hydrogen (secondary N) is 1. The molecule has 1 aromatic rings. The number of likely N-dealkylation sites (tertiary alicyclic amines) is 1. The molecule has 116 valence electrons. The third kappa shape index (κ3) is 4.43. The summed E-state index contributed by atoms with van der Waals surface area (Å²) in [6.45, 7) is 3.39. The first-order valence-corrected chi connectivity index (χ1v) is 8.17. The minimum Gasteiger partial charge on any atom is -0.386 e. The smallest absolute Gasteiger partial charge is 0.311 e. The molecular formula is C14H19ClN2O3S. The maximum Gasteiger partial charge on any atom is 0.311 e. The van der Waals surface area contributed by atoms with Gasteiger partial charge < -0.3 is 15.3 Å². The fraction of sp³-hybridized carbons (Fsp3) is 0.571. The summed E-state index contributed by atoms with van der Waals surface area (Å²) in [5.41, 5.74) is 0. The first-order chi connectivity index (χ1) is 9.97. The van der Waals surface area contributed by atoms with Crippen LogP contribution in [0.4, 0.5) is 0 Å². The number of hydrogen-bond acceptors (Lipinski definition) is 4. The summed E-state index contributed by atoms with van der Waals surface area (Å²) in [4.78, 5) is 26.0. The maximum absolute atomic E-state index is 12.0. The van der Waals surface area contributed by atoms with Crippen molar-refractivity contribution in [2.45, 2.75) is 25.9 Å². The van der Waals surface area contributed by atoms with Crippen LogP contribution in [-0.4, -0.2) is 41.5 Å². The van der Waals surface area contributed by atoms with Crippen molar-refractivity contribution in [3.05, 3.63) is 21.3 Å². The molecule has 7 heteroatoms. The van der Waals surface area contributed by atoms with Crippen molar-refractivity contribution < 1.29 is 14.7 Å². The second kappa shape index (κ2) is 7.24. The zero-order valence-corrected chi connectivity index (χ0v) is 13.4. The van der Waals surface area contributed by atoms with Gasteiger partial charge in [0.2, 0.25) is 0 Å². The van der Waals surface area contributed by atoms with Gasteiger partial charge in [0.25, 0.3) is 0 Å². The van der Waals surface area contributed by atoms with Crippen molar-refractivity contribution in [3.63, 3.8) is 0 Å². The number of aliphatic hydroxyl groups excluding tert-OH is 1. The number of nitrogens with zero attached hydrogens (tertiary/aromatic N) is 1. The second-order valence-corrected chi connectivity index (χ2v) is 7.09. The number of thiophene rings is 1. The van der Waals surface area contributed by atoms with E-state index in [0.717, 1.165) is 12.8 Å². The standard InChI is InChI=1S/C14H19ClN2O3S/c1-9-4-6-17(7-5-9)14(20)13(19)16-8-10(18)11-2-3-12(15)21-11/h2-3,9-10,18H,4-8H2,1H3,(H,16,19)/t10-/m0/s1. The van der Waals surface area contributed by atoms with Gasteiger partial charge >= 0.3 is 11.8 Å². The van der Waals surface area contributed by atoms with Gasteiger partial charge in [0, 0.05) is 24.5 Å². The molecule has 1 aliphatic heterocycles. The summed E-state index contributed by atoms with van der Waals surface area (Å²) in [6, 6.07) is 3.39. The summed E-state index contributed by atoms with van der Waals surface area (Å²) < 4.78 is 0.578. The Bertz CT molecular complexity index is 512. The van der Waals surface area contributed by atoms with Gasteiger partial charge in [0.05, 0.1) is 4.34 Å². The third-order valence-electron chi connectivity index (χ3n) is 3.64. The molecule has 1 aromatic heterocycles. The van der Waals surface area contributed by atoms with Crippen molar-refractivity contribution >= 4 is 34.8 Å². The fourth-order valence-electron chi connectivity index (χ4n) is 2.23. The van der Waals surface area contributed by atoms with Crippen LogP contribution < -0.4 is 5.32 Å². The number of carbonyl (C=O) groups excluding carboxylic acids is 2. The lowest BCUT2D eigenvalue weighted by molar-refractivity contribution is -0.146. The van der Waals surface area contributed by atoms with Gasteiger partial charge in [-0.05, 0) is 30.9 Å². The molecule has 2 N–H and O–H groups in total. The summed E-state index contributed by atoms with van der Waals surface area (Å²) in [7, 11) is 0. The molecule has 0 bridgehead atoms. The number of halogens is 1. The lowest BCUT2D eigenvalue weighted by atomic mass is 9.99. The van der Waals surface area contributed by atoms with Gasteiger partial charge in [-0.2, -0.15) is 0 Å².